The van der Waals surface area contributed by atoms with Gasteiger partial charge in [-0.1, -0.05) is 17.7 Å². The van der Waals surface area contributed by atoms with Crippen LogP contribution in [0.4, 0.5) is 5.69 Å². The number of fused-ring (bicyclic) bond motifs is 1. The van der Waals surface area contributed by atoms with Crippen LogP contribution < -0.4 is 14.4 Å². The Kier molecular flexibility index (Phi) is 5.06. The molecule has 28 heavy (non-hydrogen) atoms. The van der Waals surface area contributed by atoms with Gasteiger partial charge in [0.15, 0.2) is 11.5 Å². The van der Waals surface area contributed by atoms with Crippen LogP contribution in [0.1, 0.15) is 5.56 Å². The quantitative estimate of drug-likeness (QED) is 0.760. The molecule has 0 atom stereocenters. The van der Waals surface area contributed by atoms with Crippen molar-refractivity contribution < 1.29 is 17.9 Å². The highest BCUT2D eigenvalue weighted by Gasteiger charge is 2.30. The van der Waals surface area contributed by atoms with E-state index in [4.69, 9.17) is 21.1 Å². The number of rotatable bonds is 3. The minimum absolute atomic E-state index is 0.186. The number of nitriles is 1. The maximum absolute atomic E-state index is 13.0. The number of ether oxygens (including phenoxy) is 2. The number of hydrogen-bond acceptors (Lipinski definition) is 6. The summed E-state index contributed by atoms with van der Waals surface area (Å²) in [5, 5.41) is 9.76. The normalized spacial score (nSPS) is 17.2. The van der Waals surface area contributed by atoms with Crippen molar-refractivity contribution in [2.24, 2.45) is 0 Å². The number of benzene rings is 2. The molecule has 9 heteroatoms. The molecule has 0 amide bonds. The summed E-state index contributed by atoms with van der Waals surface area (Å²) in [6.07, 6.45) is 0. The lowest BCUT2D eigenvalue weighted by molar-refractivity contribution is 0.171. The van der Waals surface area contributed by atoms with Gasteiger partial charge >= 0.3 is 0 Å². The number of nitrogens with zero attached hydrogens (tertiary/aromatic N) is 3. The van der Waals surface area contributed by atoms with E-state index in [0.29, 0.717) is 61.5 Å². The summed E-state index contributed by atoms with van der Waals surface area (Å²) in [7, 11) is -3.64. The summed E-state index contributed by atoms with van der Waals surface area (Å²) < 4.78 is 38.5. The largest absolute Gasteiger partial charge is 0.486 e. The van der Waals surface area contributed by atoms with Crippen molar-refractivity contribution in [3.63, 3.8) is 0 Å². The molecule has 0 bridgehead atoms. The molecular weight excluding hydrogens is 402 g/mol. The highest BCUT2D eigenvalue weighted by atomic mass is 35.5. The van der Waals surface area contributed by atoms with Gasteiger partial charge in [-0.25, -0.2) is 8.42 Å². The van der Waals surface area contributed by atoms with Gasteiger partial charge in [-0.2, -0.15) is 9.57 Å². The molecule has 2 aliphatic rings. The van der Waals surface area contributed by atoms with Crippen molar-refractivity contribution in [1.29, 1.82) is 5.26 Å². The van der Waals surface area contributed by atoms with E-state index >= 15 is 0 Å². The number of anilines is 1. The Bertz CT molecular complexity index is 1040. The van der Waals surface area contributed by atoms with E-state index < -0.39 is 10.0 Å². The molecule has 4 rings (SSSR count). The zero-order valence-corrected chi connectivity index (χ0v) is 16.5. The summed E-state index contributed by atoms with van der Waals surface area (Å²) in [5.41, 5.74) is 1.14. The summed E-state index contributed by atoms with van der Waals surface area (Å²) >= 11 is 6.11. The first-order valence-corrected chi connectivity index (χ1v) is 10.7. The molecule has 0 radical (unpaired) electrons. The van der Waals surface area contributed by atoms with E-state index in [0.717, 1.165) is 5.69 Å². The number of halogens is 1. The Morgan fingerprint density at radius 1 is 1.00 bits per heavy atom. The molecule has 146 valence electrons. The number of piperazine rings is 1. The third-order valence-electron chi connectivity index (χ3n) is 4.83. The van der Waals surface area contributed by atoms with E-state index in [1.165, 1.54) is 10.4 Å². The molecule has 0 aromatic heterocycles. The van der Waals surface area contributed by atoms with Gasteiger partial charge in [0.05, 0.1) is 21.2 Å². The van der Waals surface area contributed by atoms with Crippen LogP contribution in [0, 0.1) is 11.3 Å². The molecular formula is C19H18ClN3O4S. The van der Waals surface area contributed by atoms with Gasteiger partial charge in [-0.05, 0) is 24.3 Å². The van der Waals surface area contributed by atoms with Gasteiger partial charge in [0.2, 0.25) is 10.0 Å². The smallest absolute Gasteiger partial charge is 0.243 e. The minimum Gasteiger partial charge on any atom is -0.486 e. The summed E-state index contributed by atoms with van der Waals surface area (Å²) in [6.45, 7) is 2.42. The van der Waals surface area contributed by atoms with Crippen molar-refractivity contribution in [3.05, 3.63) is 47.0 Å². The second-order valence-corrected chi connectivity index (χ2v) is 8.79. The van der Waals surface area contributed by atoms with Crippen LogP contribution >= 0.6 is 11.6 Å². The molecule has 1 saturated heterocycles. The highest BCUT2D eigenvalue weighted by molar-refractivity contribution is 7.89. The van der Waals surface area contributed by atoms with E-state index in [-0.39, 0.29) is 4.90 Å². The van der Waals surface area contributed by atoms with Gasteiger partial charge in [0, 0.05) is 32.2 Å². The van der Waals surface area contributed by atoms with Crippen molar-refractivity contribution in [1.82, 2.24) is 4.31 Å². The Hall–Kier alpha value is -2.47. The maximum Gasteiger partial charge on any atom is 0.243 e. The second kappa shape index (κ2) is 7.51. The average molecular weight is 420 g/mol. The highest BCUT2D eigenvalue weighted by Crippen LogP contribution is 2.34. The van der Waals surface area contributed by atoms with Gasteiger partial charge in [0.1, 0.15) is 19.3 Å². The topological polar surface area (TPSA) is 82.9 Å². The van der Waals surface area contributed by atoms with Gasteiger partial charge in [-0.15, -0.1) is 0 Å². The summed E-state index contributed by atoms with van der Waals surface area (Å²) in [5.74, 6) is 1.00. The summed E-state index contributed by atoms with van der Waals surface area (Å²) in [6, 6.07) is 12.1. The number of sulfonamides is 1. The Labute approximate surface area is 168 Å². The number of hydrogen-bond donors (Lipinski definition) is 0. The van der Waals surface area contributed by atoms with Gasteiger partial charge in [0.25, 0.3) is 0 Å². The first kappa shape index (κ1) is 18.9. The van der Waals surface area contributed by atoms with E-state index in [1.807, 2.05) is 11.0 Å². The van der Waals surface area contributed by atoms with Crippen LogP contribution in [-0.2, 0) is 10.0 Å². The molecule has 0 aliphatic carbocycles. The van der Waals surface area contributed by atoms with E-state index in [9.17, 15) is 13.7 Å². The van der Waals surface area contributed by atoms with Crippen LogP contribution in [0.25, 0.3) is 0 Å². The third kappa shape index (κ3) is 3.37. The molecule has 0 saturated carbocycles. The lowest BCUT2D eigenvalue weighted by Crippen LogP contribution is -2.48. The maximum atomic E-state index is 13.0. The lowest BCUT2D eigenvalue weighted by Gasteiger charge is -2.36. The monoisotopic (exact) mass is 419 g/mol. The molecule has 7 nitrogen and oxygen atoms in total. The van der Waals surface area contributed by atoms with Crippen molar-refractivity contribution in [3.8, 4) is 17.6 Å². The fraction of sp³-hybridized carbons (Fsp3) is 0.316. The van der Waals surface area contributed by atoms with Crippen LogP contribution in [0.15, 0.2) is 41.3 Å². The van der Waals surface area contributed by atoms with Crippen LogP contribution in [0.5, 0.6) is 11.5 Å². The second-order valence-electron chi connectivity index (χ2n) is 6.44. The molecule has 2 aliphatic heterocycles. The zero-order valence-electron chi connectivity index (χ0n) is 15.0. The first-order valence-electron chi connectivity index (χ1n) is 8.84. The fourth-order valence-corrected chi connectivity index (χ4v) is 5.04. The standard InChI is InChI=1S/C19H18ClN3O4S/c20-16-2-1-3-17(15(16)13-21)22-6-8-23(9-7-22)28(24,25)14-4-5-18-19(12-14)27-11-10-26-18/h1-5,12H,6-11H2. The average Bonchev–Trinajstić information content (AvgIpc) is 2.73. The van der Waals surface area contributed by atoms with Crippen LogP contribution in [0.2, 0.25) is 5.02 Å². The minimum atomic E-state index is -3.64. The predicted octanol–water partition coefficient (Wildman–Crippen LogP) is 2.49. The van der Waals surface area contributed by atoms with Crippen LogP contribution in [-0.4, -0.2) is 52.1 Å². The van der Waals surface area contributed by atoms with Gasteiger partial charge < -0.3 is 14.4 Å². The van der Waals surface area contributed by atoms with Crippen molar-refractivity contribution >= 4 is 27.3 Å². The lowest BCUT2D eigenvalue weighted by atomic mass is 10.1. The molecule has 2 heterocycles. The molecule has 0 spiro atoms. The predicted molar refractivity (Wildman–Crippen MR) is 105 cm³/mol. The van der Waals surface area contributed by atoms with E-state index in [2.05, 4.69) is 6.07 Å². The van der Waals surface area contributed by atoms with Crippen molar-refractivity contribution in [2.75, 3.05) is 44.3 Å². The Balaban J connectivity index is 1.52. The molecule has 2 aromatic carbocycles. The Morgan fingerprint density at radius 3 is 2.43 bits per heavy atom. The first-order chi connectivity index (χ1) is 13.5. The fourth-order valence-electron chi connectivity index (χ4n) is 3.39. The SMILES string of the molecule is N#Cc1c(Cl)cccc1N1CCN(S(=O)(=O)c2ccc3c(c2)OCCO3)CC1. The summed E-state index contributed by atoms with van der Waals surface area (Å²) in [4.78, 5) is 2.17. The zero-order chi connectivity index (χ0) is 19.7. The molecule has 2 aromatic rings. The molecule has 0 N–H and O–H groups in total. The van der Waals surface area contributed by atoms with Crippen molar-refractivity contribution in [2.45, 2.75) is 4.90 Å². The van der Waals surface area contributed by atoms with Crippen LogP contribution in [0.3, 0.4) is 0 Å². The Morgan fingerprint density at radius 2 is 1.71 bits per heavy atom. The third-order valence-corrected chi connectivity index (χ3v) is 7.04. The van der Waals surface area contributed by atoms with Gasteiger partial charge in [-0.3, -0.25) is 0 Å². The molecule has 1 fully saturated rings. The van der Waals surface area contributed by atoms with E-state index in [1.54, 1.807) is 24.3 Å². The molecule has 0 unspecified atom stereocenters.